The van der Waals surface area contributed by atoms with Crippen LogP contribution in [0.4, 0.5) is 5.69 Å². The van der Waals surface area contributed by atoms with E-state index < -0.39 is 0 Å². The van der Waals surface area contributed by atoms with Crippen LogP contribution < -0.4 is 5.32 Å². The molecule has 1 aromatic carbocycles. The van der Waals surface area contributed by atoms with Crippen LogP contribution in [-0.2, 0) is 16.0 Å². The van der Waals surface area contributed by atoms with Crippen LogP contribution in [0.2, 0.25) is 0 Å². The van der Waals surface area contributed by atoms with Gasteiger partial charge in [-0.2, -0.15) is 0 Å². The third kappa shape index (κ3) is 2.87. The van der Waals surface area contributed by atoms with Gasteiger partial charge in [0.2, 0.25) is 5.91 Å². The van der Waals surface area contributed by atoms with Gasteiger partial charge in [0.25, 0.3) is 0 Å². The van der Waals surface area contributed by atoms with Crippen molar-refractivity contribution in [1.29, 1.82) is 0 Å². The zero-order chi connectivity index (χ0) is 13.0. The molecule has 0 fully saturated rings. The van der Waals surface area contributed by atoms with Gasteiger partial charge in [-0.25, -0.2) is 4.98 Å². The highest BCUT2D eigenvalue weighted by Gasteiger charge is 2.07. The number of rotatable bonds is 5. The van der Waals surface area contributed by atoms with Crippen LogP contribution in [0.5, 0.6) is 0 Å². The Morgan fingerprint density at radius 2 is 2.28 bits per heavy atom. The van der Waals surface area contributed by atoms with Crippen molar-refractivity contribution in [3.63, 3.8) is 0 Å². The molecule has 0 aliphatic rings. The number of hydrogen-bond acceptors (Lipinski definition) is 4. The molecule has 96 valence electrons. The standard InChI is InChI=1S/C13H16N2O3/c1-3-13-15-10-7-9(5-6-11(10)18-13)14-12(16)8-17-4-2/h5-7H,3-4,8H2,1-2H3,(H,14,16). The van der Waals surface area contributed by atoms with Crippen molar-refractivity contribution < 1.29 is 13.9 Å². The fourth-order valence-electron chi connectivity index (χ4n) is 1.60. The van der Waals surface area contributed by atoms with Gasteiger partial charge in [-0.1, -0.05) is 6.92 Å². The van der Waals surface area contributed by atoms with Gasteiger partial charge in [-0.05, 0) is 25.1 Å². The van der Waals surface area contributed by atoms with E-state index in [-0.39, 0.29) is 12.5 Å². The average molecular weight is 248 g/mol. The van der Waals surface area contributed by atoms with Gasteiger partial charge in [0.05, 0.1) is 0 Å². The summed E-state index contributed by atoms with van der Waals surface area (Å²) in [6, 6.07) is 5.39. The van der Waals surface area contributed by atoms with E-state index in [1.54, 1.807) is 18.2 Å². The van der Waals surface area contributed by atoms with E-state index in [4.69, 9.17) is 9.15 Å². The Morgan fingerprint density at radius 3 is 3.00 bits per heavy atom. The topological polar surface area (TPSA) is 64.4 Å². The first-order valence-electron chi connectivity index (χ1n) is 6.00. The van der Waals surface area contributed by atoms with Crippen molar-refractivity contribution in [2.24, 2.45) is 0 Å². The van der Waals surface area contributed by atoms with Crippen LogP contribution in [0.3, 0.4) is 0 Å². The molecule has 0 aliphatic carbocycles. The zero-order valence-corrected chi connectivity index (χ0v) is 10.5. The summed E-state index contributed by atoms with van der Waals surface area (Å²) in [4.78, 5) is 15.8. The molecule has 0 radical (unpaired) electrons. The molecule has 1 aromatic heterocycles. The molecule has 0 saturated heterocycles. The lowest BCUT2D eigenvalue weighted by Crippen LogP contribution is -2.18. The second kappa shape index (κ2) is 5.64. The molecule has 0 atom stereocenters. The Balaban J connectivity index is 2.11. The van der Waals surface area contributed by atoms with Crippen molar-refractivity contribution in [3.8, 4) is 0 Å². The van der Waals surface area contributed by atoms with Crippen molar-refractivity contribution in [1.82, 2.24) is 4.98 Å². The molecule has 2 rings (SSSR count). The molecule has 5 heteroatoms. The summed E-state index contributed by atoms with van der Waals surface area (Å²) in [5, 5.41) is 2.75. The summed E-state index contributed by atoms with van der Waals surface area (Å²) in [7, 11) is 0. The molecule has 0 unspecified atom stereocenters. The van der Waals surface area contributed by atoms with Gasteiger partial charge in [0.15, 0.2) is 11.5 Å². The highest BCUT2D eigenvalue weighted by Crippen LogP contribution is 2.20. The van der Waals surface area contributed by atoms with Gasteiger partial charge in [0, 0.05) is 18.7 Å². The van der Waals surface area contributed by atoms with E-state index in [2.05, 4.69) is 10.3 Å². The molecule has 2 aromatic rings. The minimum atomic E-state index is -0.171. The number of benzene rings is 1. The quantitative estimate of drug-likeness (QED) is 0.882. The van der Waals surface area contributed by atoms with Gasteiger partial charge >= 0.3 is 0 Å². The Bertz CT molecular complexity index is 548. The lowest BCUT2D eigenvalue weighted by atomic mass is 10.3. The number of aromatic nitrogens is 1. The molecular weight excluding hydrogens is 232 g/mol. The van der Waals surface area contributed by atoms with Crippen LogP contribution >= 0.6 is 0 Å². The molecule has 0 saturated carbocycles. The summed E-state index contributed by atoms with van der Waals surface area (Å²) in [6.45, 7) is 4.42. The first-order valence-corrected chi connectivity index (χ1v) is 6.00. The fraction of sp³-hybridized carbons (Fsp3) is 0.385. The van der Waals surface area contributed by atoms with Crippen molar-refractivity contribution >= 4 is 22.7 Å². The molecule has 0 spiro atoms. The predicted molar refractivity (Wildman–Crippen MR) is 68.5 cm³/mol. The maximum atomic E-state index is 11.5. The summed E-state index contributed by atoms with van der Waals surface area (Å²) >= 11 is 0. The molecule has 5 nitrogen and oxygen atoms in total. The van der Waals surface area contributed by atoms with Crippen molar-refractivity contribution in [2.75, 3.05) is 18.5 Å². The van der Waals surface area contributed by atoms with Gasteiger partial charge in [-0.15, -0.1) is 0 Å². The number of nitrogens with zero attached hydrogens (tertiary/aromatic N) is 1. The van der Waals surface area contributed by atoms with E-state index in [1.165, 1.54) is 0 Å². The van der Waals surface area contributed by atoms with Gasteiger partial charge in [0.1, 0.15) is 12.1 Å². The van der Waals surface area contributed by atoms with E-state index in [9.17, 15) is 4.79 Å². The Kier molecular flexibility index (Phi) is 3.94. The van der Waals surface area contributed by atoms with E-state index >= 15 is 0 Å². The second-order valence-electron chi connectivity index (χ2n) is 3.83. The molecule has 1 N–H and O–H groups in total. The third-order valence-electron chi connectivity index (χ3n) is 2.46. The Hall–Kier alpha value is -1.88. The molecule has 0 aliphatic heterocycles. The maximum Gasteiger partial charge on any atom is 0.250 e. The highest BCUT2D eigenvalue weighted by molar-refractivity contribution is 5.93. The highest BCUT2D eigenvalue weighted by atomic mass is 16.5. The number of hydrogen-bond donors (Lipinski definition) is 1. The second-order valence-corrected chi connectivity index (χ2v) is 3.83. The predicted octanol–water partition coefficient (Wildman–Crippen LogP) is 2.37. The normalized spacial score (nSPS) is 10.8. The first kappa shape index (κ1) is 12.6. The third-order valence-corrected chi connectivity index (χ3v) is 2.46. The number of amides is 1. The van der Waals surface area contributed by atoms with E-state index in [1.807, 2.05) is 13.8 Å². The number of ether oxygens (including phenoxy) is 1. The van der Waals surface area contributed by atoms with E-state index in [0.29, 0.717) is 18.2 Å². The summed E-state index contributed by atoms with van der Waals surface area (Å²) in [5.74, 6) is 0.526. The van der Waals surface area contributed by atoms with Crippen molar-refractivity contribution in [3.05, 3.63) is 24.1 Å². The van der Waals surface area contributed by atoms with Crippen LogP contribution in [0.1, 0.15) is 19.7 Å². The Labute approximate surface area is 105 Å². The number of fused-ring (bicyclic) bond motifs is 1. The summed E-state index contributed by atoms with van der Waals surface area (Å²) < 4.78 is 10.5. The van der Waals surface area contributed by atoms with Crippen molar-refractivity contribution in [2.45, 2.75) is 20.3 Å². The summed E-state index contributed by atoms with van der Waals surface area (Å²) in [6.07, 6.45) is 0.751. The number of carbonyl (C=O) groups is 1. The van der Waals surface area contributed by atoms with Crippen LogP contribution in [0, 0.1) is 0 Å². The average Bonchev–Trinajstić information content (AvgIpc) is 2.78. The Morgan fingerprint density at radius 1 is 1.44 bits per heavy atom. The molecule has 1 heterocycles. The fourth-order valence-corrected chi connectivity index (χ4v) is 1.60. The minimum absolute atomic E-state index is 0.0631. The number of carbonyl (C=O) groups excluding carboxylic acids is 1. The first-order chi connectivity index (χ1) is 8.72. The number of oxazole rings is 1. The number of anilines is 1. The van der Waals surface area contributed by atoms with Gasteiger partial charge in [-0.3, -0.25) is 4.79 Å². The van der Waals surface area contributed by atoms with Crippen LogP contribution in [-0.4, -0.2) is 24.1 Å². The molecule has 0 bridgehead atoms. The molecule has 18 heavy (non-hydrogen) atoms. The monoisotopic (exact) mass is 248 g/mol. The minimum Gasteiger partial charge on any atom is -0.441 e. The lowest BCUT2D eigenvalue weighted by Gasteiger charge is -2.04. The maximum absolute atomic E-state index is 11.5. The zero-order valence-electron chi connectivity index (χ0n) is 10.5. The van der Waals surface area contributed by atoms with E-state index in [0.717, 1.165) is 17.5 Å². The number of nitrogens with one attached hydrogen (secondary N) is 1. The lowest BCUT2D eigenvalue weighted by molar-refractivity contribution is -0.120. The SMILES string of the molecule is CCOCC(=O)Nc1ccc2oc(CC)nc2c1. The van der Waals surface area contributed by atoms with Crippen LogP contribution in [0.25, 0.3) is 11.1 Å². The van der Waals surface area contributed by atoms with Gasteiger partial charge < -0.3 is 14.5 Å². The largest absolute Gasteiger partial charge is 0.441 e. The molecule has 1 amide bonds. The number of aryl methyl sites for hydroxylation is 1. The smallest absolute Gasteiger partial charge is 0.250 e. The molecular formula is C13H16N2O3. The summed E-state index contributed by atoms with van der Waals surface area (Å²) in [5.41, 5.74) is 2.18. The van der Waals surface area contributed by atoms with Crippen LogP contribution in [0.15, 0.2) is 22.6 Å².